The Morgan fingerprint density at radius 3 is 2.73 bits per heavy atom. The zero-order chi connectivity index (χ0) is 11.1. The van der Waals surface area contributed by atoms with Crippen molar-refractivity contribution in [2.45, 2.75) is 45.6 Å². The van der Waals surface area contributed by atoms with Gasteiger partial charge in [-0.2, -0.15) is 0 Å². The van der Waals surface area contributed by atoms with Gasteiger partial charge in [0.05, 0.1) is 3.79 Å². The van der Waals surface area contributed by atoms with Gasteiger partial charge in [-0.25, -0.2) is 0 Å². The second-order valence-corrected chi connectivity index (χ2v) is 6.35. The summed E-state index contributed by atoms with van der Waals surface area (Å²) in [4.78, 5) is 1.46. The summed E-state index contributed by atoms with van der Waals surface area (Å²) < 4.78 is 1.23. The first-order chi connectivity index (χ1) is 7.26. The molecule has 1 heterocycles. The van der Waals surface area contributed by atoms with E-state index in [0.29, 0.717) is 6.04 Å². The standard InChI is InChI=1S/C12H20BrNS/c1-3-5-10(4-2)14-9-8-11-6-7-12(13)15-11/h6-7,10,14H,3-5,8-9H2,1-2H3. The highest BCUT2D eigenvalue weighted by Crippen LogP contribution is 2.22. The van der Waals surface area contributed by atoms with Crippen molar-refractivity contribution in [3.8, 4) is 0 Å². The fraction of sp³-hybridized carbons (Fsp3) is 0.667. The van der Waals surface area contributed by atoms with Crippen LogP contribution in [0.4, 0.5) is 0 Å². The predicted molar refractivity (Wildman–Crippen MR) is 72.7 cm³/mol. The minimum absolute atomic E-state index is 0.707. The normalized spacial score (nSPS) is 13.0. The third-order valence-corrected chi connectivity index (χ3v) is 4.25. The number of hydrogen-bond donors (Lipinski definition) is 1. The molecule has 0 aliphatic heterocycles. The predicted octanol–water partition coefficient (Wildman–Crippen LogP) is 4.22. The average Bonchev–Trinajstić information content (AvgIpc) is 2.63. The second-order valence-electron chi connectivity index (χ2n) is 3.80. The van der Waals surface area contributed by atoms with Crippen LogP contribution in [0.25, 0.3) is 0 Å². The highest BCUT2D eigenvalue weighted by molar-refractivity contribution is 9.11. The number of rotatable bonds is 7. The topological polar surface area (TPSA) is 12.0 Å². The Kier molecular flexibility index (Phi) is 6.53. The molecule has 0 amide bonds. The molecule has 0 radical (unpaired) electrons. The third-order valence-electron chi connectivity index (χ3n) is 2.56. The van der Waals surface area contributed by atoms with E-state index >= 15 is 0 Å². The van der Waals surface area contributed by atoms with Crippen LogP contribution < -0.4 is 5.32 Å². The lowest BCUT2D eigenvalue weighted by Gasteiger charge is -2.15. The van der Waals surface area contributed by atoms with Crippen molar-refractivity contribution >= 4 is 27.3 Å². The monoisotopic (exact) mass is 289 g/mol. The minimum Gasteiger partial charge on any atom is -0.314 e. The van der Waals surface area contributed by atoms with Crippen LogP contribution >= 0.6 is 27.3 Å². The van der Waals surface area contributed by atoms with Crippen molar-refractivity contribution < 1.29 is 0 Å². The molecule has 0 aliphatic rings. The van der Waals surface area contributed by atoms with Crippen LogP contribution in [-0.4, -0.2) is 12.6 Å². The van der Waals surface area contributed by atoms with Gasteiger partial charge in [0.1, 0.15) is 0 Å². The fourth-order valence-electron chi connectivity index (χ4n) is 1.68. The Morgan fingerprint density at radius 1 is 1.40 bits per heavy atom. The highest BCUT2D eigenvalue weighted by Gasteiger charge is 2.04. The Hall–Kier alpha value is 0.140. The smallest absolute Gasteiger partial charge is 0.0701 e. The first-order valence-corrected chi connectivity index (χ1v) is 7.34. The largest absolute Gasteiger partial charge is 0.314 e. The summed E-state index contributed by atoms with van der Waals surface area (Å²) in [7, 11) is 0. The van der Waals surface area contributed by atoms with E-state index in [1.54, 1.807) is 0 Å². The molecular weight excluding hydrogens is 270 g/mol. The van der Waals surface area contributed by atoms with Gasteiger partial charge in [0, 0.05) is 17.5 Å². The summed E-state index contributed by atoms with van der Waals surface area (Å²) >= 11 is 5.33. The molecule has 1 aromatic rings. The molecular formula is C12H20BrNS. The Bertz CT molecular complexity index is 272. The minimum atomic E-state index is 0.707. The summed E-state index contributed by atoms with van der Waals surface area (Å²) in [5.41, 5.74) is 0. The maximum Gasteiger partial charge on any atom is 0.0701 e. The average molecular weight is 290 g/mol. The molecule has 0 aliphatic carbocycles. The SMILES string of the molecule is CCCC(CC)NCCc1ccc(Br)s1. The molecule has 0 fully saturated rings. The lowest BCUT2D eigenvalue weighted by molar-refractivity contribution is 0.467. The second kappa shape index (κ2) is 7.42. The van der Waals surface area contributed by atoms with Crippen LogP contribution in [-0.2, 0) is 6.42 Å². The van der Waals surface area contributed by atoms with Crippen LogP contribution in [0.5, 0.6) is 0 Å². The van der Waals surface area contributed by atoms with E-state index in [4.69, 9.17) is 0 Å². The molecule has 0 bridgehead atoms. The Labute approximate surface area is 105 Å². The van der Waals surface area contributed by atoms with Crippen molar-refractivity contribution in [2.75, 3.05) is 6.54 Å². The van der Waals surface area contributed by atoms with Gasteiger partial charge in [-0.1, -0.05) is 20.3 Å². The summed E-state index contributed by atoms with van der Waals surface area (Å²) in [5, 5.41) is 3.62. The van der Waals surface area contributed by atoms with Crippen molar-refractivity contribution in [1.82, 2.24) is 5.32 Å². The maximum atomic E-state index is 3.62. The van der Waals surface area contributed by atoms with E-state index < -0.39 is 0 Å². The molecule has 1 atom stereocenters. The van der Waals surface area contributed by atoms with Crippen LogP contribution in [0, 0.1) is 0 Å². The summed E-state index contributed by atoms with van der Waals surface area (Å²) in [6.45, 7) is 5.61. The van der Waals surface area contributed by atoms with Gasteiger partial charge in [-0.15, -0.1) is 11.3 Å². The first-order valence-electron chi connectivity index (χ1n) is 5.73. The van der Waals surface area contributed by atoms with Crippen molar-refractivity contribution in [3.63, 3.8) is 0 Å². The quantitative estimate of drug-likeness (QED) is 0.792. The lowest BCUT2D eigenvalue weighted by atomic mass is 10.1. The molecule has 1 nitrogen and oxygen atoms in total. The number of halogens is 1. The van der Waals surface area contributed by atoms with Gasteiger partial charge in [0.25, 0.3) is 0 Å². The number of thiophene rings is 1. The van der Waals surface area contributed by atoms with Crippen LogP contribution in [0.15, 0.2) is 15.9 Å². The zero-order valence-corrected chi connectivity index (χ0v) is 12.0. The van der Waals surface area contributed by atoms with Gasteiger partial charge in [0.2, 0.25) is 0 Å². The number of hydrogen-bond acceptors (Lipinski definition) is 2. The third kappa shape index (κ3) is 5.14. The summed E-state index contributed by atoms with van der Waals surface area (Å²) in [6, 6.07) is 5.04. The van der Waals surface area contributed by atoms with Gasteiger partial charge in [-0.05, 0) is 47.3 Å². The molecule has 15 heavy (non-hydrogen) atoms. The molecule has 1 N–H and O–H groups in total. The fourth-order valence-corrected chi connectivity index (χ4v) is 3.17. The van der Waals surface area contributed by atoms with Crippen molar-refractivity contribution in [3.05, 3.63) is 20.8 Å². The molecule has 0 saturated carbocycles. The van der Waals surface area contributed by atoms with Gasteiger partial charge in [-0.3, -0.25) is 0 Å². The maximum absolute atomic E-state index is 3.62. The zero-order valence-electron chi connectivity index (χ0n) is 9.55. The molecule has 1 rings (SSSR count). The first kappa shape index (κ1) is 13.2. The van der Waals surface area contributed by atoms with E-state index in [9.17, 15) is 0 Å². The summed E-state index contributed by atoms with van der Waals surface area (Å²) in [5.74, 6) is 0. The van der Waals surface area contributed by atoms with E-state index in [2.05, 4.69) is 47.2 Å². The molecule has 0 spiro atoms. The molecule has 86 valence electrons. The van der Waals surface area contributed by atoms with Gasteiger partial charge in [0.15, 0.2) is 0 Å². The highest BCUT2D eigenvalue weighted by atomic mass is 79.9. The van der Waals surface area contributed by atoms with E-state index in [-0.39, 0.29) is 0 Å². The molecule has 1 aromatic heterocycles. The molecule has 0 aromatic carbocycles. The Morgan fingerprint density at radius 2 is 2.20 bits per heavy atom. The number of nitrogens with one attached hydrogen (secondary N) is 1. The van der Waals surface area contributed by atoms with Crippen molar-refractivity contribution in [1.29, 1.82) is 0 Å². The van der Waals surface area contributed by atoms with E-state index in [1.165, 1.54) is 27.9 Å². The van der Waals surface area contributed by atoms with Gasteiger partial charge < -0.3 is 5.32 Å². The van der Waals surface area contributed by atoms with Crippen LogP contribution in [0.1, 0.15) is 38.0 Å². The van der Waals surface area contributed by atoms with Crippen molar-refractivity contribution in [2.24, 2.45) is 0 Å². The van der Waals surface area contributed by atoms with Gasteiger partial charge >= 0.3 is 0 Å². The van der Waals surface area contributed by atoms with E-state index in [0.717, 1.165) is 13.0 Å². The molecule has 1 unspecified atom stereocenters. The molecule has 3 heteroatoms. The summed E-state index contributed by atoms with van der Waals surface area (Å²) in [6.07, 6.45) is 4.96. The van der Waals surface area contributed by atoms with Crippen LogP contribution in [0.2, 0.25) is 0 Å². The lowest BCUT2D eigenvalue weighted by Crippen LogP contribution is -2.29. The van der Waals surface area contributed by atoms with Crippen LogP contribution in [0.3, 0.4) is 0 Å². The molecule has 0 saturated heterocycles. The Balaban J connectivity index is 2.20. The van der Waals surface area contributed by atoms with E-state index in [1.807, 2.05) is 11.3 Å².